The van der Waals surface area contributed by atoms with Crippen molar-refractivity contribution in [1.29, 1.82) is 10.5 Å². The molecule has 0 saturated carbocycles. The molecule has 0 aliphatic heterocycles. The monoisotopic (exact) mass is 788 g/mol. The molecule has 0 saturated heterocycles. The zero-order valence-corrected chi connectivity index (χ0v) is 29.8. The van der Waals surface area contributed by atoms with Crippen LogP contribution in [0.15, 0.2) is 56.2 Å². The summed E-state index contributed by atoms with van der Waals surface area (Å²) < 4.78 is 1.24. The molecule has 4 rings (SSSR count). The first-order valence-electron chi connectivity index (χ1n) is 13.0. The molecule has 2 aromatic carbocycles. The third-order valence-electron chi connectivity index (χ3n) is 6.06. The van der Waals surface area contributed by atoms with Gasteiger partial charge in [0.05, 0.1) is 21.4 Å². The van der Waals surface area contributed by atoms with Gasteiger partial charge >= 0.3 is 17.1 Å². The maximum atomic E-state index is 9.20. The number of nitriles is 1. The molecule has 2 heterocycles. The summed E-state index contributed by atoms with van der Waals surface area (Å²) in [6, 6.07) is 10.6. The number of nitrogens with zero attached hydrogens (tertiary/aromatic N) is 6. The van der Waals surface area contributed by atoms with E-state index in [2.05, 4.69) is 101 Å². The van der Waals surface area contributed by atoms with Crippen LogP contribution in [-0.4, -0.2) is 19.9 Å². The average Bonchev–Trinajstić information content (AvgIpc) is 2.95. The predicted molar refractivity (Wildman–Crippen MR) is 183 cm³/mol. The van der Waals surface area contributed by atoms with Gasteiger partial charge in [-0.05, 0) is 82.7 Å². The van der Waals surface area contributed by atoms with E-state index in [1.54, 1.807) is 24.2 Å². The van der Waals surface area contributed by atoms with Gasteiger partial charge in [0.15, 0.2) is 0 Å². The summed E-state index contributed by atoms with van der Waals surface area (Å²) in [4.78, 5) is 19.7. The molecule has 0 spiro atoms. The van der Waals surface area contributed by atoms with E-state index >= 15 is 0 Å². The second-order valence-electron chi connectivity index (χ2n) is 9.92. The Balaban J connectivity index is 0.000000408. The number of aromatic nitrogens is 4. The van der Waals surface area contributed by atoms with E-state index in [1.165, 1.54) is 36.9 Å². The number of anilines is 4. The Morgan fingerprint density at radius 2 is 1.14 bits per heavy atom. The third-order valence-corrected chi connectivity index (χ3v) is 9.43. The van der Waals surface area contributed by atoms with E-state index in [9.17, 15) is 5.26 Å². The number of aryl methyl sites for hydroxylation is 2. The quantitative estimate of drug-likeness (QED) is 0.0885. The second-order valence-corrected chi connectivity index (χ2v) is 13.3. The Morgan fingerprint density at radius 1 is 0.727 bits per heavy atom. The fourth-order valence-corrected chi connectivity index (χ4v) is 6.63. The van der Waals surface area contributed by atoms with Gasteiger partial charge in [0.1, 0.15) is 11.6 Å². The molecular formula is C30H34CuIN10S2. The first-order valence-corrected chi connectivity index (χ1v) is 15.7. The molecule has 14 heteroatoms. The van der Waals surface area contributed by atoms with Gasteiger partial charge in [-0.15, -0.1) is 0 Å². The fourth-order valence-electron chi connectivity index (χ4n) is 3.79. The Hall–Kier alpha value is -3.27. The van der Waals surface area contributed by atoms with Gasteiger partial charge in [0.25, 0.3) is 0 Å². The Kier molecular flexibility index (Phi) is 15.7. The van der Waals surface area contributed by atoms with E-state index in [0.717, 1.165) is 20.2 Å². The van der Waals surface area contributed by atoms with Crippen LogP contribution in [0.3, 0.4) is 0 Å². The first-order chi connectivity index (χ1) is 20.3. The number of hydrogen-bond donors (Lipinski definition) is 4. The van der Waals surface area contributed by atoms with Crippen LogP contribution in [-0.2, 0) is 17.1 Å². The van der Waals surface area contributed by atoms with Crippen LogP contribution in [0.1, 0.15) is 67.3 Å². The molecule has 0 aliphatic rings. The molecule has 10 nitrogen and oxygen atoms in total. The summed E-state index contributed by atoms with van der Waals surface area (Å²) in [6.45, 7) is 17.4. The molecule has 2 aromatic heterocycles. The van der Waals surface area contributed by atoms with Gasteiger partial charge < -0.3 is 34.8 Å². The van der Waals surface area contributed by atoms with E-state index in [0.29, 0.717) is 29.0 Å². The van der Waals surface area contributed by atoms with Gasteiger partial charge in [0.2, 0.25) is 11.9 Å². The Labute approximate surface area is 291 Å². The minimum atomic E-state index is 0. The van der Waals surface area contributed by atoms with Crippen molar-refractivity contribution < 1.29 is 17.1 Å². The SMILES string of the molecule is Cc1cc(C(C)C)c(Sc2cnc(N)nc2N)cc1C#N.Cc1cc(C(C)C)c(Sc2cnc(N)nc2N)cc1I.[C-]#N.[Cu+]. The topological polar surface area (TPSA) is 203 Å². The van der Waals surface area contributed by atoms with E-state index in [4.69, 9.17) is 34.8 Å². The number of rotatable bonds is 6. The van der Waals surface area contributed by atoms with Crippen LogP contribution < -0.4 is 22.9 Å². The van der Waals surface area contributed by atoms with Gasteiger partial charge in [-0.25, -0.2) is 9.97 Å². The van der Waals surface area contributed by atoms with Crippen LogP contribution in [0.2, 0.25) is 0 Å². The Bertz CT molecular complexity index is 1660. The minimum absolute atomic E-state index is 0. The molecule has 0 fully saturated rings. The van der Waals surface area contributed by atoms with Crippen molar-refractivity contribution in [3.05, 3.63) is 74.6 Å². The summed E-state index contributed by atoms with van der Waals surface area (Å²) in [6.07, 6.45) is 3.29. The number of nitrogen functional groups attached to an aromatic ring is 4. The molecule has 0 aliphatic carbocycles. The van der Waals surface area contributed by atoms with Crippen LogP contribution in [0.4, 0.5) is 23.5 Å². The summed E-state index contributed by atoms with van der Waals surface area (Å²) >= 11 is 5.40. The average molecular weight is 789 g/mol. The van der Waals surface area contributed by atoms with Crippen LogP contribution >= 0.6 is 46.1 Å². The van der Waals surface area contributed by atoms with Gasteiger partial charge in [0, 0.05) is 25.8 Å². The molecule has 0 bridgehead atoms. The van der Waals surface area contributed by atoms with Crippen molar-refractivity contribution in [2.45, 2.75) is 73.0 Å². The maximum absolute atomic E-state index is 9.20. The van der Waals surface area contributed by atoms with Gasteiger partial charge in [-0.2, -0.15) is 15.2 Å². The number of nitrogens with two attached hydrogens (primary N) is 4. The maximum Gasteiger partial charge on any atom is 1.00 e. The summed E-state index contributed by atoms with van der Waals surface area (Å²) in [5.41, 5.74) is 28.2. The van der Waals surface area contributed by atoms with Crippen molar-refractivity contribution in [2.75, 3.05) is 22.9 Å². The molecular weight excluding hydrogens is 755 g/mol. The normalized spacial score (nSPS) is 10.1. The summed E-state index contributed by atoms with van der Waals surface area (Å²) in [5.74, 6) is 1.92. The fraction of sp³-hybridized carbons (Fsp3) is 0.267. The molecule has 0 radical (unpaired) electrons. The second kappa shape index (κ2) is 17.9. The van der Waals surface area contributed by atoms with Crippen molar-refractivity contribution in [3.8, 4) is 6.07 Å². The van der Waals surface area contributed by atoms with Crippen molar-refractivity contribution in [3.63, 3.8) is 0 Å². The number of halogens is 1. The summed E-state index contributed by atoms with van der Waals surface area (Å²) in [7, 11) is 0. The third kappa shape index (κ3) is 10.4. The van der Waals surface area contributed by atoms with Crippen LogP contribution in [0.5, 0.6) is 0 Å². The smallest absolute Gasteiger partial charge is 0.512 e. The standard InChI is InChI=1S/C15H17N5S.C14H17IN4S.CN.Cu/c1-8(2)11-4-9(3)10(6-16)5-12(11)21-13-7-19-15(18)20-14(13)17;1-7(2)9-4-8(3)10(15)5-11(9)20-12-6-18-14(17)19-13(12)16;1-2;/h4-5,7-8H,1-3H3,(H4,17,18,19,20);4-7H,1-3H3,(H4,16,17,18,19);;/q;;-1;+1. The summed E-state index contributed by atoms with van der Waals surface area (Å²) in [5, 5.41) is 15.5. The van der Waals surface area contributed by atoms with E-state index in [-0.39, 0.29) is 29.0 Å². The van der Waals surface area contributed by atoms with E-state index in [1.807, 2.05) is 13.0 Å². The van der Waals surface area contributed by atoms with Gasteiger partial charge in [-0.1, -0.05) is 63.4 Å². The number of hydrogen-bond acceptors (Lipinski definition) is 12. The van der Waals surface area contributed by atoms with Crippen molar-refractivity contribution in [1.82, 2.24) is 19.9 Å². The molecule has 234 valence electrons. The first kappa shape index (κ1) is 38.8. The largest absolute Gasteiger partial charge is 1.00 e. The zero-order chi connectivity index (χ0) is 32.4. The molecule has 0 amide bonds. The predicted octanol–water partition coefficient (Wildman–Crippen LogP) is 7.02. The molecule has 0 atom stereocenters. The zero-order valence-electron chi connectivity index (χ0n) is 25.1. The number of benzene rings is 2. The Morgan fingerprint density at radius 3 is 1.52 bits per heavy atom. The van der Waals surface area contributed by atoms with Gasteiger partial charge in [-0.3, -0.25) is 0 Å². The van der Waals surface area contributed by atoms with Crippen LogP contribution in [0, 0.1) is 40.6 Å². The molecule has 8 N–H and O–H groups in total. The van der Waals surface area contributed by atoms with Crippen molar-refractivity contribution in [2.24, 2.45) is 0 Å². The molecule has 0 unspecified atom stereocenters. The van der Waals surface area contributed by atoms with E-state index < -0.39 is 0 Å². The molecule has 44 heavy (non-hydrogen) atoms. The minimum Gasteiger partial charge on any atom is -0.512 e. The van der Waals surface area contributed by atoms with Crippen LogP contribution in [0.25, 0.3) is 0 Å². The van der Waals surface area contributed by atoms with Crippen molar-refractivity contribution >= 4 is 69.6 Å². The molecule has 4 aromatic rings.